The van der Waals surface area contributed by atoms with Crippen molar-refractivity contribution < 1.29 is 31.1 Å². The fourth-order valence-electron chi connectivity index (χ4n) is 2.91. The van der Waals surface area contributed by atoms with Gasteiger partial charge in [-0.25, -0.2) is 13.1 Å². The summed E-state index contributed by atoms with van der Waals surface area (Å²) in [6, 6.07) is 9.04. The first kappa shape index (κ1) is 24.7. The number of rotatable bonds is 7. The molecule has 2 N–H and O–H groups in total. The third-order valence-electron chi connectivity index (χ3n) is 4.16. The molecule has 1 amide bonds. The Hall–Kier alpha value is -2.59. The summed E-state index contributed by atoms with van der Waals surface area (Å²) in [5.74, 6) is -0.549. The Bertz CT molecular complexity index is 1050. The average Bonchev–Trinajstić information content (AvgIpc) is 2.65. The number of methoxy groups -OCH3 is 1. The summed E-state index contributed by atoms with van der Waals surface area (Å²) < 4.78 is 72.3. The molecule has 0 atom stereocenters. The number of amides is 1. The molecule has 170 valence electrons. The summed E-state index contributed by atoms with van der Waals surface area (Å²) in [5, 5.41) is 2.53. The second-order valence-corrected chi connectivity index (χ2v) is 9.53. The molecule has 10 heteroatoms. The number of ether oxygens (including phenoxy) is 1. The van der Waals surface area contributed by atoms with E-state index in [0.717, 1.165) is 6.07 Å². The van der Waals surface area contributed by atoms with E-state index in [0.29, 0.717) is 0 Å². The van der Waals surface area contributed by atoms with Gasteiger partial charge in [-0.15, -0.1) is 0 Å². The van der Waals surface area contributed by atoms with Crippen LogP contribution in [0.4, 0.5) is 13.2 Å². The van der Waals surface area contributed by atoms with E-state index in [1.807, 2.05) is 0 Å². The van der Waals surface area contributed by atoms with E-state index >= 15 is 0 Å². The quantitative estimate of drug-likeness (QED) is 0.662. The number of carbonyl (C=O) groups is 1. The number of carbonyl (C=O) groups excluding carboxylic acids is 1. The van der Waals surface area contributed by atoms with Crippen molar-refractivity contribution in [3.63, 3.8) is 0 Å². The third-order valence-corrected chi connectivity index (χ3v) is 5.94. The zero-order valence-electron chi connectivity index (χ0n) is 17.6. The van der Waals surface area contributed by atoms with Crippen molar-refractivity contribution in [2.24, 2.45) is 0 Å². The number of alkyl halides is 3. The van der Waals surface area contributed by atoms with Gasteiger partial charge in [0.1, 0.15) is 10.6 Å². The molecule has 0 unspecified atom stereocenters. The number of halogens is 3. The molecule has 0 aliphatic carbocycles. The van der Waals surface area contributed by atoms with Crippen LogP contribution in [-0.4, -0.2) is 33.5 Å². The van der Waals surface area contributed by atoms with Gasteiger partial charge in [0.2, 0.25) is 10.0 Å². The molecule has 0 aliphatic heterocycles. The molecule has 0 radical (unpaired) electrons. The molecule has 6 nitrogen and oxygen atoms in total. The summed E-state index contributed by atoms with van der Waals surface area (Å²) in [4.78, 5) is 12.3. The van der Waals surface area contributed by atoms with Gasteiger partial charge in [-0.1, -0.05) is 18.2 Å². The monoisotopic (exact) mass is 458 g/mol. The van der Waals surface area contributed by atoms with Crippen LogP contribution in [0.15, 0.2) is 47.4 Å². The average molecular weight is 459 g/mol. The zero-order chi connectivity index (χ0) is 23.4. The van der Waals surface area contributed by atoms with Crippen LogP contribution in [0.5, 0.6) is 5.75 Å². The van der Waals surface area contributed by atoms with Gasteiger partial charge in [0.25, 0.3) is 5.91 Å². The van der Waals surface area contributed by atoms with Crippen molar-refractivity contribution in [3.05, 3.63) is 59.2 Å². The van der Waals surface area contributed by atoms with Gasteiger partial charge in [-0.3, -0.25) is 4.79 Å². The van der Waals surface area contributed by atoms with Crippen molar-refractivity contribution >= 4 is 15.9 Å². The Labute approximate surface area is 179 Å². The first-order chi connectivity index (χ1) is 14.2. The van der Waals surface area contributed by atoms with Crippen molar-refractivity contribution in [2.45, 2.75) is 43.8 Å². The van der Waals surface area contributed by atoms with E-state index in [1.54, 1.807) is 20.8 Å². The molecule has 0 spiro atoms. The van der Waals surface area contributed by atoms with Crippen LogP contribution in [0.1, 0.15) is 42.3 Å². The lowest BCUT2D eigenvalue weighted by molar-refractivity contribution is -0.138. The maximum absolute atomic E-state index is 13.1. The van der Waals surface area contributed by atoms with Crippen LogP contribution in [0, 0.1) is 0 Å². The largest absolute Gasteiger partial charge is 0.495 e. The highest BCUT2D eigenvalue weighted by molar-refractivity contribution is 7.89. The highest BCUT2D eigenvalue weighted by Gasteiger charge is 2.32. The molecule has 0 heterocycles. The lowest BCUT2D eigenvalue weighted by Crippen LogP contribution is -2.40. The Morgan fingerprint density at radius 1 is 1.06 bits per heavy atom. The van der Waals surface area contributed by atoms with Crippen LogP contribution in [0.3, 0.4) is 0 Å². The Morgan fingerprint density at radius 3 is 2.29 bits per heavy atom. The standard InChI is InChI=1S/C21H25F3N2O4S/c1-20(2,3)26-31(28,29)18-13-15(9-10-17(18)30-4)19(27)25-12-11-14-7-5-6-8-16(14)21(22,23)24/h5-10,13,26H,11-12H2,1-4H3,(H,25,27). The van der Waals surface area contributed by atoms with Gasteiger partial charge >= 0.3 is 6.18 Å². The molecular formula is C21H25F3N2O4S. The van der Waals surface area contributed by atoms with Crippen LogP contribution in [0.25, 0.3) is 0 Å². The molecule has 2 rings (SSSR count). The molecule has 0 aliphatic rings. The van der Waals surface area contributed by atoms with Gasteiger partial charge in [0.05, 0.1) is 12.7 Å². The van der Waals surface area contributed by atoms with Gasteiger partial charge < -0.3 is 10.1 Å². The smallest absolute Gasteiger partial charge is 0.416 e. The highest BCUT2D eigenvalue weighted by atomic mass is 32.2. The summed E-state index contributed by atoms with van der Waals surface area (Å²) in [5.41, 5.74) is -1.41. The Kier molecular flexibility index (Phi) is 7.38. The topological polar surface area (TPSA) is 84.5 Å². The molecular weight excluding hydrogens is 433 g/mol. The fraction of sp³-hybridized carbons (Fsp3) is 0.381. The summed E-state index contributed by atoms with van der Waals surface area (Å²) in [7, 11) is -2.67. The second-order valence-electron chi connectivity index (χ2n) is 7.88. The SMILES string of the molecule is COc1ccc(C(=O)NCCc2ccccc2C(F)(F)F)cc1S(=O)(=O)NC(C)(C)C. The summed E-state index contributed by atoms with van der Waals surface area (Å²) in [6.07, 6.45) is -4.52. The van der Waals surface area contributed by atoms with E-state index in [1.165, 1.54) is 43.5 Å². The normalized spacial score (nSPS) is 12.5. The lowest BCUT2D eigenvalue weighted by Gasteiger charge is -2.21. The van der Waals surface area contributed by atoms with Gasteiger partial charge in [-0.2, -0.15) is 13.2 Å². The number of hydrogen-bond donors (Lipinski definition) is 2. The van der Waals surface area contributed by atoms with Gasteiger partial charge in [0, 0.05) is 17.6 Å². The highest BCUT2D eigenvalue weighted by Crippen LogP contribution is 2.32. The number of benzene rings is 2. The molecule has 0 aromatic heterocycles. The van der Waals surface area contributed by atoms with E-state index in [9.17, 15) is 26.4 Å². The maximum Gasteiger partial charge on any atom is 0.416 e. The summed E-state index contributed by atoms with van der Waals surface area (Å²) in [6.45, 7) is 4.96. The molecule has 0 bridgehead atoms. The van der Waals surface area contributed by atoms with E-state index in [2.05, 4.69) is 10.0 Å². The minimum Gasteiger partial charge on any atom is -0.495 e. The predicted octanol–water partition coefficient (Wildman–Crippen LogP) is 3.76. The molecule has 2 aromatic rings. The minimum atomic E-state index is -4.49. The Balaban J connectivity index is 2.19. The first-order valence-corrected chi connectivity index (χ1v) is 10.9. The Morgan fingerprint density at radius 2 is 1.71 bits per heavy atom. The van der Waals surface area contributed by atoms with Crippen LogP contribution < -0.4 is 14.8 Å². The third kappa shape index (κ3) is 6.70. The van der Waals surface area contributed by atoms with Crippen molar-refractivity contribution in [3.8, 4) is 5.75 Å². The van der Waals surface area contributed by atoms with Gasteiger partial charge in [-0.05, 0) is 57.0 Å². The number of sulfonamides is 1. The predicted molar refractivity (Wildman–Crippen MR) is 111 cm³/mol. The van der Waals surface area contributed by atoms with Gasteiger partial charge in [0.15, 0.2) is 0 Å². The first-order valence-electron chi connectivity index (χ1n) is 9.40. The van der Waals surface area contributed by atoms with Crippen molar-refractivity contribution in [1.29, 1.82) is 0 Å². The number of nitrogens with one attached hydrogen (secondary N) is 2. The van der Waals surface area contributed by atoms with E-state index < -0.39 is 33.2 Å². The second kappa shape index (κ2) is 9.27. The molecule has 0 saturated carbocycles. The fourth-order valence-corrected chi connectivity index (χ4v) is 4.53. The molecule has 0 fully saturated rings. The maximum atomic E-state index is 13.1. The van der Waals surface area contributed by atoms with Crippen LogP contribution >= 0.6 is 0 Å². The van der Waals surface area contributed by atoms with Crippen LogP contribution in [0.2, 0.25) is 0 Å². The van der Waals surface area contributed by atoms with E-state index in [4.69, 9.17) is 4.74 Å². The van der Waals surface area contributed by atoms with Crippen molar-refractivity contribution in [2.75, 3.05) is 13.7 Å². The molecule has 31 heavy (non-hydrogen) atoms. The minimum absolute atomic E-state index is 0.0334. The number of hydrogen-bond acceptors (Lipinski definition) is 4. The molecule has 0 saturated heterocycles. The lowest BCUT2D eigenvalue weighted by atomic mass is 10.0. The van der Waals surface area contributed by atoms with E-state index in [-0.39, 0.29) is 34.7 Å². The zero-order valence-corrected chi connectivity index (χ0v) is 18.4. The summed E-state index contributed by atoms with van der Waals surface area (Å²) >= 11 is 0. The van der Waals surface area contributed by atoms with Crippen LogP contribution in [-0.2, 0) is 22.6 Å². The van der Waals surface area contributed by atoms with Crippen molar-refractivity contribution in [1.82, 2.24) is 10.0 Å². The molecule has 2 aromatic carbocycles.